The van der Waals surface area contributed by atoms with Gasteiger partial charge in [0.2, 0.25) is 11.6 Å². The van der Waals surface area contributed by atoms with E-state index >= 15 is 0 Å². The van der Waals surface area contributed by atoms with Crippen molar-refractivity contribution in [2.45, 2.75) is 26.7 Å². The molecule has 0 aliphatic rings. The number of furan rings is 1. The van der Waals surface area contributed by atoms with Crippen LogP contribution >= 0.6 is 0 Å². The fourth-order valence-electron chi connectivity index (χ4n) is 2.61. The summed E-state index contributed by atoms with van der Waals surface area (Å²) in [6.07, 6.45) is 1.37. The number of carbonyl (C=O) groups is 1. The lowest BCUT2D eigenvalue weighted by Crippen LogP contribution is -2.32. The van der Waals surface area contributed by atoms with Crippen LogP contribution in [0.5, 0.6) is 5.88 Å². The molecule has 0 saturated heterocycles. The Morgan fingerprint density at radius 2 is 2.00 bits per heavy atom. The van der Waals surface area contributed by atoms with Crippen molar-refractivity contribution < 1.29 is 13.9 Å². The first-order chi connectivity index (χ1) is 12.1. The number of aromatic nitrogens is 2. The van der Waals surface area contributed by atoms with E-state index in [1.807, 2.05) is 32.0 Å². The Morgan fingerprint density at radius 3 is 2.76 bits per heavy atom. The predicted molar refractivity (Wildman–Crippen MR) is 94.6 cm³/mol. The fourth-order valence-corrected chi connectivity index (χ4v) is 2.61. The molecule has 3 aromatic rings. The van der Waals surface area contributed by atoms with Gasteiger partial charge in [0.1, 0.15) is 17.5 Å². The predicted octanol–water partition coefficient (Wildman–Crippen LogP) is 3.14. The fraction of sp³-hybridized carbons (Fsp3) is 0.316. The van der Waals surface area contributed by atoms with Crippen molar-refractivity contribution in [2.24, 2.45) is 0 Å². The Labute approximate surface area is 146 Å². The third kappa shape index (κ3) is 3.79. The molecule has 0 radical (unpaired) electrons. The maximum absolute atomic E-state index is 12.1. The third-order valence-corrected chi connectivity index (χ3v) is 4.24. The van der Waals surface area contributed by atoms with E-state index in [1.165, 1.54) is 11.9 Å². The van der Waals surface area contributed by atoms with Crippen molar-refractivity contribution >= 4 is 17.0 Å². The molecule has 1 amide bonds. The van der Waals surface area contributed by atoms with Gasteiger partial charge in [-0.3, -0.25) is 4.79 Å². The zero-order valence-corrected chi connectivity index (χ0v) is 14.6. The van der Waals surface area contributed by atoms with Crippen molar-refractivity contribution in [1.82, 2.24) is 15.3 Å². The average molecular weight is 339 g/mol. The molecule has 130 valence electrons. The Kier molecular flexibility index (Phi) is 4.97. The Balaban J connectivity index is 1.58. The molecule has 25 heavy (non-hydrogen) atoms. The number of carbonyl (C=O) groups excluding carboxylic acids is 1. The number of benzene rings is 1. The normalized spacial score (nSPS) is 12.1. The van der Waals surface area contributed by atoms with E-state index < -0.39 is 0 Å². The minimum absolute atomic E-state index is 0.0999. The van der Waals surface area contributed by atoms with Gasteiger partial charge in [-0.2, -0.15) is 0 Å². The van der Waals surface area contributed by atoms with E-state index in [-0.39, 0.29) is 18.4 Å². The molecule has 1 aromatic carbocycles. The van der Waals surface area contributed by atoms with Crippen LogP contribution in [-0.4, -0.2) is 29.0 Å². The van der Waals surface area contributed by atoms with Gasteiger partial charge in [-0.25, -0.2) is 9.97 Å². The first-order valence-corrected chi connectivity index (χ1v) is 8.21. The Hall–Kier alpha value is -2.89. The highest BCUT2D eigenvalue weighted by Crippen LogP contribution is 2.29. The van der Waals surface area contributed by atoms with Gasteiger partial charge in [0.05, 0.1) is 0 Å². The summed E-state index contributed by atoms with van der Waals surface area (Å²) in [5, 5.41) is 3.60. The SMILES string of the molecule is Cc1oc2ncnc(OCC(=O)NCC(C)c3ccccc3)c2c1C. The molecule has 2 aromatic heterocycles. The maximum atomic E-state index is 12.1. The molecule has 6 heteroatoms. The second kappa shape index (κ2) is 7.34. The smallest absolute Gasteiger partial charge is 0.258 e. The van der Waals surface area contributed by atoms with Crippen molar-refractivity contribution in [2.75, 3.05) is 13.2 Å². The summed E-state index contributed by atoms with van der Waals surface area (Å²) in [5.74, 6) is 1.18. The van der Waals surface area contributed by atoms with Crippen LogP contribution in [0.25, 0.3) is 11.1 Å². The van der Waals surface area contributed by atoms with E-state index in [0.29, 0.717) is 23.5 Å². The summed E-state index contributed by atoms with van der Waals surface area (Å²) in [7, 11) is 0. The summed E-state index contributed by atoms with van der Waals surface area (Å²) in [4.78, 5) is 20.3. The molecule has 0 bridgehead atoms. The summed E-state index contributed by atoms with van der Waals surface area (Å²) in [6.45, 7) is 6.30. The number of nitrogens with one attached hydrogen (secondary N) is 1. The maximum Gasteiger partial charge on any atom is 0.258 e. The lowest BCUT2D eigenvalue weighted by molar-refractivity contribution is -0.123. The first-order valence-electron chi connectivity index (χ1n) is 8.21. The van der Waals surface area contributed by atoms with Gasteiger partial charge in [0.25, 0.3) is 5.91 Å². The molecular weight excluding hydrogens is 318 g/mol. The largest absolute Gasteiger partial charge is 0.467 e. The van der Waals surface area contributed by atoms with Gasteiger partial charge < -0.3 is 14.5 Å². The molecule has 1 atom stereocenters. The van der Waals surface area contributed by atoms with Crippen molar-refractivity contribution in [1.29, 1.82) is 0 Å². The van der Waals surface area contributed by atoms with Crippen LogP contribution in [0.4, 0.5) is 0 Å². The van der Waals surface area contributed by atoms with E-state index in [1.54, 1.807) is 0 Å². The van der Waals surface area contributed by atoms with Gasteiger partial charge in [-0.05, 0) is 25.3 Å². The molecule has 0 aliphatic carbocycles. The summed E-state index contributed by atoms with van der Waals surface area (Å²) >= 11 is 0. The highest BCUT2D eigenvalue weighted by molar-refractivity contribution is 5.84. The van der Waals surface area contributed by atoms with Gasteiger partial charge >= 0.3 is 0 Å². The lowest BCUT2D eigenvalue weighted by Gasteiger charge is -2.13. The molecule has 0 fully saturated rings. The van der Waals surface area contributed by atoms with Crippen LogP contribution in [0.2, 0.25) is 0 Å². The number of hydrogen-bond donors (Lipinski definition) is 1. The highest BCUT2D eigenvalue weighted by Gasteiger charge is 2.16. The van der Waals surface area contributed by atoms with Crippen LogP contribution in [0.3, 0.4) is 0 Å². The Bertz CT molecular complexity index is 874. The number of aryl methyl sites for hydroxylation is 2. The Morgan fingerprint density at radius 1 is 1.24 bits per heavy atom. The summed E-state index contributed by atoms with van der Waals surface area (Å²) in [6, 6.07) is 10.1. The molecule has 0 aliphatic heterocycles. The van der Waals surface area contributed by atoms with Crippen LogP contribution in [0.15, 0.2) is 41.1 Å². The zero-order valence-electron chi connectivity index (χ0n) is 14.6. The topological polar surface area (TPSA) is 77.2 Å². The number of nitrogens with zero attached hydrogens (tertiary/aromatic N) is 2. The third-order valence-electron chi connectivity index (χ3n) is 4.24. The molecule has 0 spiro atoms. The summed E-state index contributed by atoms with van der Waals surface area (Å²) in [5.41, 5.74) is 2.58. The molecule has 6 nitrogen and oxygen atoms in total. The van der Waals surface area contributed by atoms with E-state index in [4.69, 9.17) is 9.15 Å². The molecule has 2 heterocycles. The van der Waals surface area contributed by atoms with E-state index in [0.717, 1.165) is 11.3 Å². The number of ether oxygens (including phenoxy) is 1. The van der Waals surface area contributed by atoms with Crippen LogP contribution < -0.4 is 10.1 Å². The van der Waals surface area contributed by atoms with Gasteiger partial charge in [0, 0.05) is 12.1 Å². The second-order valence-corrected chi connectivity index (χ2v) is 6.05. The molecule has 1 N–H and O–H groups in total. The van der Waals surface area contributed by atoms with E-state index in [9.17, 15) is 4.79 Å². The molecule has 1 unspecified atom stereocenters. The number of hydrogen-bond acceptors (Lipinski definition) is 5. The molecular formula is C19H21N3O3. The summed E-state index contributed by atoms with van der Waals surface area (Å²) < 4.78 is 11.1. The molecule has 0 saturated carbocycles. The van der Waals surface area contributed by atoms with Gasteiger partial charge in [0.15, 0.2) is 6.61 Å². The number of amides is 1. The van der Waals surface area contributed by atoms with Crippen molar-refractivity contribution in [3.8, 4) is 5.88 Å². The van der Waals surface area contributed by atoms with Crippen molar-refractivity contribution in [3.05, 3.63) is 53.5 Å². The minimum Gasteiger partial charge on any atom is -0.467 e. The molecule has 3 rings (SSSR count). The second-order valence-electron chi connectivity index (χ2n) is 6.05. The quantitative estimate of drug-likeness (QED) is 0.746. The zero-order chi connectivity index (χ0) is 17.8. The lowest BCUT2D eigenvalue weighted by atomic mass is 10.0. The van der Waals surface area contributed by atoms with Crippen molar-refractivity contribution in [3.63, 3.8) is 0 Å². The standard InChI is InChI=1S/C19H21N3O3/c1-12(15-7-5-4-6-8-15)9-20-16(23)10-24-18-17-13(2)14(3)25-19(17)22-11-21-18/h4-8,11-12H,9-10H2,1-3H3,(H,20,23). The average Bonchev–Trinajstić information content (AvgIpc) is 2.93. The number of fused-ring (bicyclic) bond motifs is 1. The van der Waals surface area contributed by atoms with Crippen LogP contribution in [-0.2, 0) is 4.79 Å². The number of rotatable bonds is 6. The van der Waals surface area contributed by atoms with Crippen LogP contribution in [0.1, 0.15) is 29.7 Å². The van der Waals surface area contributed by atoms with E-state index in [2.05, 4.69) is 34.3 Å². The van der Waals surface area contributed by atoms with Crippen LogP contribution in [0, 0.1) is 13.8 Å². The first kappa shape index (κ1) is 17.0. The van der Waals surface area contributed by atoms with Gasteiger partial charge in [-0.15, -0.1) is 0 Å². The highest BCUT2D eigenvalue weighted by atomic mass is 16.5. The monoisotopic (exact) mass is 339 g/mol. The minimum atomic E-state index is -0.188. The van der Waals surface area contributed by atoms with Gasteiger partial charge in [-0.1, -0.05) is 37.3 Å².